The van der Waals surface area contributed by atoms with Gasteiger partial charge in [0.1, 0.15) is 0 Å². The number of allylic oxidation sites excluding steroid dienone is 4. The van der Waals surface area contributed by atoms with Gasteiger partial charge in [0, 0.05) is 0 Å². The summed E-state index contributed by atoms with van der Waals surface area (Å²) in [5.74, 6) is 2.12. The van der Waals surface area contributed by atoms with Gasteiger partial charge in [0.15, 0.2) is 0 Å². The first kappa shape index (κ1) is 7.61. The largest absolute Gasteiger partial charge is 0.198 e. The Balaban J connectivity index is 2.19. The standard InChI is InChI=1S/C11H13N/c1-8-9-4-5-10(7-9)11(8)3-2-6-12/h3-5,8-10H,2,7H2,1H3. The van der Waals surface area contributed by atoms with Crippen LogP contribution in [-0.2, 0) is 0 Å². The predicted molar refractivity (Wildman–Crippen MR) is 48.2 cm³/mol. The van der Waals surface area contributed by atoms with Gasteiger partial charge in [-0.3, -0.25) is 0 Å². The fourth-order valence-corrected chi connectivity index (χ4v) is 2.43. The normalized spacial score (nSPS) is 40.7. The molecule has 0 aromatic heterocycles. The van der Waals surface area contributed by atoms with Crippen molar-refractivity contribution >= 4 is 0 Å². The minimum Gasteiger partial charge on any atom is -0.198 e. The summed E-state index contributed by atoms with van der Waals surface area (Å²) < 4.78 is 0. The van der Waals surface area contributed by atoms with Crippen molar-refractivity contribution in [3.8, 4) is 6.07 Å². The van der Waals surface area contributed by atoms with Gasteiger partial charge in [-0.15, -0.1) is 0 Å². The fourth-order valence-electron chi connectivity index (χ4n) is 2.43. The molecule has 0 aliphatic heterocycles. The van der Waals surface area contributed by atoms with E-state index in [2.05, 4.69) is 31.2 Å². The SMILES string of the molecule is CC1C(=CCC#N)C2C=CC1C2. The van der Waals surface area contributed by atoms with Gasteiger partial charge in [-0.25, -0.2) is 0 Å². The van der Waals surface area contributed by atoms with E-state index >= 15 is 0 Å². The van der Waals surface area contributed by atoms with Crippen molar-refractivity contribution in [3.63, 3.8) is 0 Å². The smallest absolute Gasteiger partial charge is 0.0663 e. The zero-order valence-electron chi connectivity index (χ0n) is 7.33. The molecule has 0 saturated heterocycles. The maximum absolute atomic E-state index is 8.47. The molecule has 0 aromatic rings. The van der Waals surface area contributed by atoms with Crippen LogP contribution >= 0.6 is 0 Å². The van der Waals surface area contributed by atoms with Crippen molar-refractivity contribution in [3.05, 3.63) is 23.8 Å². The van der Waals surface area contributed by atoms with E-state index < -0.39 is 0 Å². The summed E-state index contributed by atoms with van der Waals surface area (Å²) in [7, 11) is 0. The molecule has 1 nitrogen and oxygen atoms in total. The highest BCUT2D eigenvalue weighted by Crippen LogP contribution is 2.47. The second kappa shape index (κ2) is 2.79. The molecule has 0 spiro atoms. The summed E-state index contributed by atoms with van der Waals surface area (Å²) in [5, 5.41) is 8.47. The molecule has 1 fully saturated rings. The number of nitrogens with zero attached hydrogens (tertiary/aromatic N) is 1. The molecule has 1 saturated carbocycles. The molecular weight excluding hydrogens is 146 g/mol. The molecule has 12 heavy (non-hydrogen) atoms. The van der Waals surface area contributed by atoms with Crippen molar-refractivity contribution < 1.29 is 0 Å². The topological polar surface area (TPSA) is 23.8 Å². The lowest BCUT2D eigenvalue weighted by Crippen LogP contribution is -2.05. The van der Waals surface area contributed by atoms with Gasteiger partial charge in [-0.1, -0.05) is 30.7 Å². The predicted octanol–water partition coefficient (Wildman–Crippen LogP) is 2.67. The molecule has 2 aliphatic carbocycles. The summed E-state index contributed by atoms with van der Waals surface area (Å²) in [6, 6.07) is 2.17. The minimum atomic E-state index is 0.580. The molecular formula is C11H13N. The second-order valence-electron chi connectivity index (χ2n) is 3.75. The molecule has 2 aliphatic rings. The molecule has 0 heterocycles. The molecule has 0 aromatic carbocycles. The van der Waals surface area contributed by atoms with Crippen LogP contribution in [-0.4, -0.2) is 0 Å². The van der Waals surface area contributed by atoms with Crippen molar-refractivity contribution in [2.45, 2.75) is 19.8 Å². The van der Waals surface area contributed by atoms with Crippen LogP contribution in [0.1, 0.15) is 19.8 Å². The number of fused-ring (bicyclic) bond motifs is 2. The summed E-state index contributed by atoms with van der Waals surface area (Å²) in [5.41, 5.74) is 1.50. The van der Waals surface area contributed by atoms with E-state index in [0.29, 0.717) is 18.3 Å². The molecule has 3 atom stereocenters. The van der Waals surface area contributed by atoms with Gasteiger partial charge in [0.05, 0.1) is 12.5 Å². The van der Waals surface area contributed by atoms with Crippen LogP contribution in [0.4, 0.5) is 0 Å². The number of rotatable bonds is 1. The average molecular weight is 159 g/mol. The molecule has 2 rings (SSSR count). The monoisotopic (exact) mass is 159 g/mol. The van der Waals surface area contributed by atoms with Crippen LogP contribution in [0.3, 0.4) is 0 Å². The Labute approximate surface area is 73.4 Å². The highest BCUT2D eigenvalue weighted by Gasteiger charge is 2.36. The molecule has 1 heteroatoms. The van der Waals surface area contributed by atoms with E-state index in [1.165, 1.54) is 12.0 Å². The maximum Gasteiger partial charge on any atom is 0.0663 e. The van der Waals surface area contributed by atoms with E-state index in [0.717, 1.165) is 5.92 Å². The Kier molecular flexibility index (Phi) is 1.77. The van der Waals surface area contributed by atoms with Crippen LogP contribution in [0.5, 0.6) is 0 Å². The lowest BCUT2D eigenvalue weighted by Gasteiger charge is -2.15. The first-order chi connectivity index (χ1) is 5.83. The van der Waals surface area contributed by atoms with Gasteiger partial charge >= 0.3 is 0 Å². The Morgan fingerprint density at radius 1 is 1.67 bits per heavy atom. The number of hydrogen-bond acceptors (Lipinski definition) is 1. The average Bonchev–Trinajstić information content (AvgIpc) is 2.62. The van der Waals surface area contributed by atoms with Crippen LogP contribution in [0.15, 0.2) is 23.8 Å². The van der Waals surface area contributed by atoms with E-state index in [1.807, 2.05) is 0 Å². The maximum atomic E-state index is 8.47. The molecule has 0 amide bonds. The van der Waals surface area contributed by atoms with E-state index in [9.17, 15) is 0 Å². The molecule has 0 radical (unpaired) electrons. The third-order valence-corrected chi connectivity index (χ3v) is 3.14. The summed E-state index contributed by atoms with van der Waals surface area (Å²) in [4.78, 5) is 0. The first-order valence-corrected chi connectivity index (χ1v) is 4.58. The lowest BCUT2D eigenvalue weighted by atomic mass is 9.90. The third kappa shape index (κ3) is 0.992. The van der Waals surface area contributed by atoms with Crippen LogP contribution in [0.2, 0.25) is 0 Å². The Morgan fingerprint density at radius 3 is 3.08 bits per heavy atom. The van der Waals surface area contributed by atoms with Crippen molar-refractivity contribution in [1.82, 2.24) is 0 Å². The molecule has 0 N–H and O–H groups in total. The van der Waals surface area contributed by atoms with E-state index in [-0.39, 0.29) is 0 Å². The van der Waals surface area contributed by atoms with Gasteiger partial charge < -0.3 is 0 Å². The zero-order valence-corrected chi connectivity index (χ0v) is 7.33. The Morgan fingerprint density at radius 2 is 2.50 bits per heavy atom. The first-order valence-electron chi connectivity index (χ1n) is 4.58. The quantitative estimate of drug-likeness (QED) is 0.539. The van der Waals surface area contributed by atoms with Crippen LogP contribution < -0.4 is 0 Å². The fraction of sp³-hybridized carbons (Fsp3) is 0.545. The third-order valence-electron chi connectivity index (χ3n) is 3.14. The van der Waals surface area contributed by atoms with Crippen molar-refractivity contribution in [2.24, 2.45) is 17.8 Å². The highest BCUT2D eigenvalue weighted by molar-refractivity contribution is 5.30. The summed E-state index contributed by atoms with van der Waals surface area (Å²) >= 11 is 0. The molecule has 62 valence electrons. The Hall–Kier alpha value is -1.03. The van der Waals surface area contributed by atoms with Crippen LogP contribution in [0.25, 0.3) is 0 Å². The van der Waals surface area contributed by atoms with Gasteiger partial charge in [0.2, 0.25) is 0 Å². The summed E-state index contributed by atoms with van der Waals surface area (Å²) in [6.45, 7) is 2.28. The minimum absolute atomic E-state index is 0.580. The zero-order chi connectivity index (χ0) is 8.55. The lowest BCUT2D eigenvalue weighted by molar-refractivity contribution is 0.555. The van der Waals surface area contributed by atoms with Gasteiger partial charge in [0.25, 0.3) is 0 Å². The second-order valence-corrected chi connectivity index (χ2v) is 3.75. The van der Waals surface area contributed by atoms with Gasteiger partial charge in [-0.2, -0.15) is 5.26 Å². The molecule has 2 bridgehead atoms. The Bertz CT molecular complexity index is 280. The van der Waals surface area contributed by atoms with E-state index in [1.54, 1.807) is 0 Å². The van der Waals surface area contributed by atoms with Gasteiger partial charge in [-0.05, 0) is 24.2 Å². The van der Waals surface area contributed by atoms with Crippen molar-refractivity contribution in [2.75, 3.05) is 0 Å². The van der Waals surface area contributed by atoms with E-state index in [4.69, 9.17) is 5.26 Å². The molecule has 3 unspecified atom stereocenters. The van der Waals surface area contributed by atoms with Crippen molar-refractivity contribution in [1.29, 1.82) is 5.26 Å². The van der Waals surface area contributed by atoms with Crippen LogP contribution in [0, 0.1) is 29.1 Å². The number of nitriles is 1. The number of hydrogen-bond donors (Lipinski definition) is 0. The summed E-state index contributed by atoms with van der Waals surface area (Å²) in [6.07, 6.45) is 8.63. The highest BCUT2D eigenvalue weighted by atomic mass is 14.4.